The highest BCUT2D eigenvalue weighted by Gasteiger charge is 2.30. The maximum absolute atomic E-state index is 12.7. The van der Waals surface area contributed by atoms with Crippen molar-refractivity contribution in [2.24, 2.45) is 0 Å². The zero-order valence-electron chi connectivity index (χ0n) is 8.80. The molecule has 1 fully saturated rings. The topological polar surface area (TPSA) is 14.1 Å². The van der Waals surface area contributed by atoms with Crippen LogP contribution in [0.1, 0.15) is 31.2 Å². The van der Waals surface area contributed by atoms with Crippen LogP contribution in [-0.2, 0) is 6.18 Å². The Hall–Kier alpha value is -1.19. The van der Waals surface area contributed by atoms with Gasteiger partial charge in [-0.25, -0.2) is 0 Å². The van der Waals surface area contributed by atoms with Crippen LogP contribution in [0.4, 0.5) is 18.9 Å². The molecule has 0 radical (unpaired) electrons. The lowest BCUT2D eigenvalue weighted by molar-refractivity contribution is -0.136. The molecular formula is C12H13F3N-. The van der Waals surface area contributed by atoms with Crippen molar-refractivity contribution in [3.8, 4) is 0 Å². The summed E-state index contributed by atoms with van der Waals surface area (Å²) in [7, 11) is 0. The van der Waals surface area contributed by atoms with Crippen LogP contribution in [0.3, 0.4) is 0 Å². The van der Waals surface area contributed by atoms with Gasteiger partial charge in [0.2, 0.25) is 0 Å². The molecule has 0 aliphatic heterocycles. The lowest BCUT2D eigenvalue weighted by atomic mass is 10.1. The van der Waals surface area contributed by atoms with Crippen LogP contribution in [0.5, 0.6) is 0 Å². The molecular weight excluding hydrogens is 215 g/mol. The molecule has 4 heteroatoms. The molecule has 1 nitrogen and oxygen atoms in total. The molecule has 1 aromatic rings. The summed E-state index contributed by atoms with van der Waals surface area (Å²) >= 11 is 0. The van der Waals surface area contributed by atoms with Crippen LogP contribution in [0, 0.1) is 0 Å². The average molecular weight is 228 g/mol. The van der Waals surface area contributed by atoms with Gasteiger partial charge in [0.15, 0.2) is 0 Å². The number of para-hydroxylation sites is 1. The van der Waals surface area contributed by atoms with E-state index in [9.17, 15) is 13.2 Å². The molecule has 0 unspecified atom stereocenters. The van der Waals surface area contributed by atoms with Gasteiger partial charge in [0, 0.05) is 5.56 Å². The maximum atomic E-state index is 12.7. The minimum absolute atomic E-state index is 0.0727. The Kier molecular flexibility index (Phi) is 3.08. The van der Waals surface area contributed by atoms with Crippen molar-refractivity contribution in [3.05, 3.63) is 35.1 Å². The molecule has 0 saturated heterocycles. The third-order valence-electron chi connectivity index (χ3n) is 2.86. The largest absolute Gasteiger partial charge is 0.681 e. The second kappa shape index (κ2) is 4.36. The van der Waals surface area contributed by atoms with Crippen LogP contribution < -0.4 is 0 Å². The monoisotopic (exact) mass is 228 g/mol. The fraction of sp³-hybridized carbons (Fsp3) is 0.500. The molecule has 88 valence electrons. The van der Waals surface area contributed by atoms with Gasteiger partial charge in [-0.15, -0.1) is 11.7 Å². The molecule has 1 aliphatic carbocycles. The van der Waals surface area contributed by atoms with E-state index in [2.05, 4.69) is 5.32 Å². The minimum atomic E-state index is -4.31. The summed E-state index contributed by atoms with van der Waals surface area (Å²) < 4.78 is 38.0. The SMILES string of the molecule is FC(F)(F)c1ccccc1[N-]C1CCCC1. The van der Waals surface area contributed by atoms with Gasteiger partial charge in [0.05, 0.1) is 0 Å². The van der Waals surface area contributed by atoms with Crippen molar-refractivity contribution in [1.29, 1.82) is 0 Å². The first-order valence-corrected chi connectivity index (χ1v) is 5.44. The molecule has 0 bridgehead atoms. The van der Waals surface area contributed by atoms with Crippen LogP contribution in [0.25, 0.3) is 5.32 Å². The lowest BCUT2D eigenvalue weighted by Gasteiger charge is -2.32. The fourth-order valence-electron chi connectivity index (χ4n) is 2.06. The first-order chi connectivity index (χ1) is 7.57. The second-order valence-electron chi connectivity index (χ2n) is 4.08. The highest BCUT2D eigenvalue weighted by atomic mass is 19.4. The first kappa shape index (κ1) is 11.3. The number of alkyl halides is 3. The molecule has 2 rings (SSSR count). The van der Waals surface area contributed by atoms with Crippen molar-refractivity contribution >= 4 is 5.69 Å². The average Bonchev–Trinajstić information content (AvgIpc) is 2.70. The second-order valence-corrected chi connectivity index (χ2v) is 4.08. The Balaban J connectivity index is 2.19. The molecule has 0 amide bonds. The van der Waals surface area contributed by atoms with Crippen molar-refractivity contribution < 1.29 is 13.2 Å². The van der Waals surface area contributed by atoms with E-state index >= 15 is 0 Å². The molecule has 1 aliphatic rings. The predicted molar refractivity (Wildman–Crippen MR) is 56.7 cm³/mol. The predicted octanol–water partition coefficient (Wildman–Crippen LogP) is 4.65. The van der Waals surface area contributed by atoms with Gasteiger partial charge in [-0.1, -0.05) is 49.9 Å². The Morgan fingerprint density at radius 2 is 1.69 bits per heavy atom. The number of hydrogen-bond acceptors (Lipinski definition) is 0. The summed E-state index contributed by atoms with van der Waals surface area (Å²) in [5.74, 6) is 0. The molecule has 0 spiro atoms. The van der Waals surface area contributed by atoms with E-state index in [4.69, 9.17) is 0 Å². The Morgan fingerprint density at radius 3 is 2.31 bits per heavy atom. The smallest absolute Gasteiger partial charge is 0.415 e. The van der Waals surface area contributed by atoms with Crippen LogP contribution >= 0.6 is 0 Å². The molecule has 0 atom stereocenters. The number of nitrogens with zero attached hydrogens (tertiary/aromatic N) is 1. The summed E-state index contributed by atoms with van der Waals surface area (Å²) in [6, 6.07) is 5.61. The van der Waals surface area contributed by atoms with Gasteiger partial charge in [-0.05, 0) is 0 Å². The first-order valence-electron chi connectivity index (χ1n) is 5.44. The Labute approximate surface area is 92.7 Å². The highest BCUT2D eigenvalue weighted by molar-refractivity contribution is 5.57. The third kappa shape index (κ3) is 2.49. The molecule has 0 aromatic heterocycles. The molecule has 0 heterocycles. The van der Waals surface area contributed by atoms with Gasteiger partial charge in [-0.3, -0.25) is 0 Å². The zero-order chi connectivity index (χ0) is 11.6. The van der Waals surface area contributed by atoms with Gasteiger partial charge >= 0.3 is 6.18 Å². The van der Waals surface area contributed by atoms with Crippen molar-refractivity contribution in [1.82, 2.24) is 0 Å². The standard InChI is InChI=1S/C12H13F3N/c13-12(14,15)10-7-3-4-8-11(10)16-9-5-1-2-6-9/h3-4,7-9H,1-2,5-6H2/q-1. The highest BCUT2D eigenvalue weighted by Crippen LogP contribution is 2.41. The van der Waals surface area contributed by atoms with E-state index in [1.54, 1.807) is 6.07 Å². The van der Waals surface area contributed by atoms with E-state index in [0.29, 0.717) is 0 Å². The Bertz CT molecular complexity index is 354. The van der Waals surface area contributed by atoms with Gasteiger partial charge in [0.1, 0.15) is 0 Å². The number of hydrogen-bond donors (Lipinski definition) is 0. The molecule has 1 saturated carbocycles. The number of benzene rings is 1. The van der Waals surface area contributed by atoms with E-state index in [-0.39, 0.29) is 11.7 Å². The summed E-state index contributed by atoms with van der Waals surface area (Å²) in [5.41, 5.74) is -0.538. The zero-order valence-corrected chi connectivity index (χ0v) is 8.80. The maximum Gasteiger partial charge on any atom is 0.415 e. The fourth-order valence-corrected chi connectivity index (χ4v) is 2.06. The van der Waals surface area contributed by atoms with Gasteiger partial charge in [0.25, 0.3) is 0 Å². The Morgan fingerprint density at radius 1 is 1.06 bits per heavy atom. The summed E-state index contributed by atoms with van der Waals surface area (Å²) in [6.07, 6.45) is -0.345. The minimum Gasteiger partial charge on any atom is -0.681 e. The molecule has 0 N–H and O–H groups in total. The van der Waals surface area contributed by atoms with Crippen molar-refractivity contribution in [3.63, 3.8) is 0 Å². The van der Waals surface area contributed by atoms with Gasteiger partial charge < -0.3 is 5.32 Å². The quantitative estimate of drug-likeness (QED) is 0.699. The van der Waals surface area contributed by atoms with Crippen molar-refractivity contribution in [2.45, 2.75) is 37.9 Å². The van der Waals surface area contributed by atoms with E-state index in [1.165, 1.54) is 12.1 Å². The van der Waals surface area contributed by atoms with Gasteiger partial charge in [-0.2, -0.15) is 13.2 Å². The van der Waals surface area contributed by atoms with E-state index in [0.717, 1.165) is 31.7 Å². The van der Waals surface area contributed by atoms with E-state index in [1.807, 2.05) is 0 Å². The van der Waals surface area contributed by atoms with Crippen LogP contribution in [0.2, 0.25) is 0 Å². The molecule has 1 aromatic carbocycles. The number of halogens is 3. The van der Waals surface area contributed by atoms with Crippen LogP contribution in [0.15, 0.2) is 24.3 Å². The number of rotatable bonds is 2. The molecule has 16 heavy (non-hydrogen) atoms. The van der Waals surface area contributed by atoms with Crippen molar-refractivity contribution in [2.75, 3.05) is 0 Å². The normalized spacial score (nSPS) is 17.7. The summed E-state index contributed by atoms with van der Waals surface area (Å²) in [5, 5.41) is 4.20. The lowest BCUT2D eigenvalue weighted by Crippen LogP contribution is -2.07. The van der Waals surface area contributed by atoms with Crippen LogP contribution in [-0.4, -0.2) is 6.04 Å². The summed E-state index contributed by atoms with van der Waals surface area (Å²) in [6.45, 7) is 0. The van der Waals surface area contributed by atoms with E-state index < -0.39 is 11.7 Å². The third-order valence-corrected chi connectivity index (χ3v) is 2.86. The summed E-state index contributed by atoms with van der Waals surface area (Å²) in [4.78, 5) is 0.